The van der Waals surface area contributed by atoms with E-state index in [4.69, 9.17) is 5.90 Å². The molecule has 1 aromatic carbocycles. The summed E-state index contributed by atoms with van der Waals surface area (Å²) in [4.78, 5) is 7.83. The van der Waals surface area contributed by atoms with Crippen LogP contribution in [0.4, 0.5) is 0 Å². The minimum absolute atomic E-state index is 0.458. The van der Waals surface area contributed by atoms with Crippen LogP contribution in [0.1, 0.15) is 11.3 Å². The second-order valence-electron chi connectivity index (χ2n) is 3.18. The van der Waals surface area contributed by atoms with Crippen LogP contribution in [-0.2, 0) is 11.4 Å². The van der Waals surface area contributed by atoms with E-state index in [1.807, 2.05) is 19.1 Å². The number of aromatic nitrogens is 1. The Morgan fingerprint density at radius 1 is 1.38 bits per heavy atom. The first kappa shape index (κ1) is 8.29. The summed E-state index contributed by atoms with van der Waals surface area (Å²) in [7, 11) is 0. The van der Waals surface area contributed by atoms with Crippen LogP contribution in [0.15, 0.2) is 24.3 Å². The number of hydrogen-bond acceptors (Lipinski definition) is 2. The zero-order valence-corrected chi connectivity index (χ0v) is 7.50. The molecule has 1 heterocycles. The van der Waals surface area contributed by atoms with Crippen molar-refractivity contribution in [1.82, 2.24) is 4.98 Å². The van der Waals surface area contributed by atoms with Crippen molar-refractivity contribution in [3.63, 3.8) is 0 Å². The summed E-state index contributed by atoms with van der Waals surface area (Å²) >= 11 is 0. The van der Waals surface area contributed by atoms with Crippen LogP contribution in [0.2, 0.25) is 0 Å². The second kappa shape index (κ2) is 3.20. The minimum Gasteiger partial charge on any atom is -0.359 e. The lowest BCUT2D eigenvalue weighted by atomic mass is 10.2. The largest absolute Gasteiger partial charge is 0.359 e. The van der Waals surface area contributed by atoms with Gasteiger partial charge in [-0.2, -0.15) is 0 Å². The van der Waals surface area contributed by atoms with E-state index < -0.39 is 0 Å². The van der Waals surface area contributed by atoms with Crippen molar-refractivity contribution in [2.75, 3.05) is 0 Å². The lowest BCUT2D eigenvalue weighted by Gasteiger charge is -1.97. The molecule has 0 atom stereocenters. The molecular weight excluding hydrogens is 164 g/mol. The van der Waals surface area contributed by atoms with Gasteiger partial charge in [-0.05, 0) is 36.1 Å². The van der Waals surface area contributed by atoms with Crippen LogP contribution >= 0.6 is 0 Å². The van der Waals surface area contributed by atoms with Crippen LogP contribution in [0.3, 0.4) is 0 Å². The Bertz CT molecular complexity index is 420. The summed E-state index contributed by atoms with van der Waals surface area (Å²) in [5.74, 6) is 5.00. The topological polar surface area (TPSA) is 51.0 Å². The van der Waals surface area contributed by atoms with E-state index in [2.05, 4.69) is 22.0 Å². The van der Waals surface area contributed by atoms with Gasteiger partial charge in [0.2, 0.25) is 0 Å². The lowest BCUT2D eigenvalue weighted by Crippen LogP contribution is -1.98. The summed E-state index contributed by atoms with van der Waals surface area (Å²) < 4.78 is 0. The first-order valence-corrected chi connectivity index (χ1v) is 4.19. The highest BCUT2D eigenvalue weighted by Gasteiger charge is 1.98. The Balaban J connectivity index is 2.48. The summed E-state index contributed by atoms with van der Waals surface area (Å²) in [6, 6.07) is 8.23. The van der Waals surface area contributed by atoms with Gasteiger partial charge in [0.25, 0.3) is 0 Å². The molecule has 3 heteroatoms. The fourth-order valence-corrected chi connectivity index (χ4v) is 1.51. The third-order valence-electron chi connectivity index (χ3n) is 2.07. The number of hydrogen-bond donors (Lipinski definition) is 2. The molecule has 0 amide bonds. The maximum Gasteiger partial charge on any atom is 0.0930 e. The average molecular weight is 176 g/mol. The molecule has 1 aromatic heterocycles. The Morgan fingerprint density at radius 3 is 3.00 bits per heavy atom. The first-order chi connectivity index (χ1) is 6.29. The molecule has 0 fully saturated rings. The van der Waals surface area contributed by atoms with E-state index in [9.17, 15) is 0 Å². The molecule has 0 saturated heterocycles. The van der Waals surface area contributed by atoms with E-state index in [1.54, 1.807) is 0 Å². The van der Waals surface area contributed by atoms with Gasteiger partial charge < -0.3 is 4.98 Å². The first-order valence-electron chi connectivity index (χ1n) is 4.19. The molecule has 3 N–H and O–H groups in total. The van der Waals surface area contributed by atoms with Crippen molar-refractivity contribution in [3.8, 4) is 0 Å². The summed E-state index contributed by atoms with van der Waals surface area (Å²) in [6.07, 6.45) is 0. The number of aryl methyl sites for hydroxylation is 1. The van der Waals surface area contributed by atoms with E-state index in [0.29, 0.717) is 6.61 Å². The van der Waals surface area contributed by atoms with Crippen LogP contribution < -0.4 is 5.90 Å². The van der Waals surface area contributed by atoms with Gasteiger partial charge >= 0.3 is 0 Å². The molecule has 0 aliphatic carbocycles. The molecule has 0 unspecified atom stereocenters. The molecule has 2 rings (SSSR count). The smallest absolute Gasteiger partial charge is 0.0930 e. The Kier molecular flexibility index (Phi) is 2.04. The third-order valence-corrected chi connectivity index (χ3v) is 2.07. The van der Waals surface area contributed by atoms with Crippen LogP contribution in [0.25, 0.3) is 10.9 Å². The van der Waals surface area contributed by atoms with Crippen LogP contribution in [0, 0.1) is 6.92 Å². The molecule has 0 spiro atoms. The quantitative estimate of drug-likeness (QED) is 0.686. The number of nitrogens with one attached hydrogen (secondary N) is 1. The van der Waals surface area contributed by atoms with Crippen molar-refractivity contribution < 1.29 is 4.84 Å². The average Bonchev–Trinajstić information content (AvgIpc) is 2.44. The van der Waals surface area contributed by atoms with Crippen molar-refractivity contribution in [3.05, 3.63) is 35.5 Å². The van der Waals surface area contributed by atoms with Gasteiger partial charge in [-0.1, -0.05) is 6.07 Å². The van der Waals surface area contributed by atoms with E-state index in [0.717, 1.165) is 11.1 Å². The highest BCUT2D eigenvalue weighted by Crippen LogP contribution is 2.16. The number of H-pyrrole nitrogens is 1. The van der Waals surface area contributed by atoms with Crippen LogP contribution in [-0.4, -0.2) is 4.98 Å². The van der Waals surface area contributed by atoms with E-state index in [-0.39, 0.29) is 0 Å². The zero-order chi connectivity index (χ0) is 9.26. The molecule has 0 aliphatic rings. The van der Waals surface area contributed by atoms with Crippen molar-refractivity contribution in [2.24, 2.45) is 5.90 Å². The van der Waals surface area contributed by atoms with Crippen molar-refractivity contribution in [2.45, 2.75) is 13.5 Å². The second-order valence-corrected chi connectivity index (χ2v) is 3.18. The molecule has 0 aliphatic heterocycles. The van der Waals surface area contributed by atoms with E-state index >= 15 is 0 Å². The number of rotatable bonds is 2. The zero-order valence-electron chi connectivity index (χ0n) is 7.50. The number of aromatic amines is 1. The molecule has 68 valence electrons. The fraction of sp³-hybridized carbons (Fsp3) is 0.200. The van der Waals surface area contributed by atoms with Gasteiger partial charge in [0.05, 0.1) is 6.61 Å². The summed E-state index contributed by atoms with van der Waals surface area (Å²) in [6.45, 7) is 2.50. The Labute approximate surface area is 76.5 Å². The summed E-state index contributed by atoms with van der Waals surface area (Å²) in [5, 5.41) is 1.20. The van der Waals surface area contributed by atoms with Gasteiger partial charge in [-0.25, -0.2) is 5.90 Å². The van der Waals surface area contributed by atoms with Crippen molar-refractivity contribution >= 4 is 10.9 Å². The molecule has 0 radical (unpaired) electrons. The Hall–Kier alpha value is -1.32. The summed E-state index contributed by atoms with van der Waals surface area (Å²) in [5.41, 5.74) is 3.41. The normalized spacial score (nSPS) is 10.9. The highest BCUT2D eigenvalue weighted by molar-refractivity contribution is 5.80. The van der Waals surface area contributed by atoms with Gasteiger partial charge in [0.15, 0.2) is 0 Å². The predicted molar refractivity (Wildman–Crippen MR) is 52.0 cm³/mol. The van der Waals surface area contributed by atoms with Gasteiger partial charge in [-0.3, -0.25) is 4.84 Å². The third kappa shape index (κ3) is 1.56. The lowest BCUT2D eigenvalue weighted by molar-refractivity contribution is 0.124. The maximum absolute atomic E-state index is 5.00. The standard InChI is InChI=1S/C10H12N2O/c1-7-4-9-5-8(6-13-11)2-3-10(9)12-7/h2-5,12H,6,11H2,1H3. The maximum atomic E-state index is 5.00. The molecule has 2 aromatic rings. The predicted octanol–water partition coefficient (Wildman–Crippen LogP) is 1.87. The monoisotopic (exact) mass is 176 g/mol. The van der Waals surface area contributed by atoms with Gasteiger partial charge in [0.1, 0.15) is 0 Å². The minimum atomic E-state index is 0.458. The molecular formula is C10H12N2O. The van der Waals surface area contributed by atoms with Gasteiger partial charge in [-0.15, -0.1) is 0 Å². The molecule has 0 bridgehead atoms. The SMILES string of the molecule is Cc1cc2cc(CON)ccc2[nH]1. The van der Waals surface area contributed by atoms with Crippen molar-refractivity contribution in [1.29, 1.82) is 0 Å². The fourth-order valence-electron chi connectivity index (χ4n) is 1.51. The number of benzene rings is 1. The highest BCUT2D eigenvalue weighted by atomic mass is 16.6. The number of nitrogens with two attached hydrogens (primary N) is 1. The number of fused-ring (bicyclic) bond motifs is 1. The molecule has 3 nitrogen and oxygen atoms in total. The molecule has 0 saturated carbocycles. The van der Waals surface area contributed by atoms with Gasteiger partial charge in [0, 0.05) is 11.2 Å². The molecule has 13 heavy (non-hydrogen) atoms. The van der Waals surface area contributed by atoms with Crippen LogP contribution in [0.5, 0.6) is 0 Å². The Morgan fingerprint density at radius 2 is 2.23 bits per heavy atom. The van der Waals surface area contributed by atoms with E-state index in [1.165, 1.54) is 11.1 Å².